The quantitative estimate of drug-likeness (QED) is 0.656. The number of hydrogen-bond acceptors (Lipinski definition) is 2. The minimum absolute atomic E-state index is 0.448. The first-order valence-corrected chi connectivity index (χ1v) is 4.64. The molecule has 1 aliphatic heterocycles. The molecule has 0 saturated heterocycles. The fourth-order valence-electron chi connectivity index (χ4n) is 1.83. The van der Waals surface area contributed by atoms with Crippen LogP contribution < -0.4 is 5.32 Å². The lowest BCUT2D eigenvalue weighted by atomic mass is 10.0. The number of amides is 1. The van der Waals surface area contributed by atoms with Gasteiger partial charge in [0.1, 0.15) is 0 Å². The molecule has 1 aliphatic rings. The van der Waals surface area contributed by atoms with Gasteiger partial charge in [0.15, 0.2) is 0 Å². The van der Waals surface area contributed by atoms with Crippen molar-refractivity contribution in [1.82, 2.24) is 0 Å². The molecule has 1 amide bonds. The van der Waals surface area contributed by atoms with Crippen molar-refractivity contribution in [3.63, 3.8) is 0 Å². The number of ketones is 1. The molecule has 2 aromatic rings. The third-order valence-electron chi connectivity index (χ3n) is 2.58. The fraction of sp³-hybridized carbons (Fsp3) is 0. The molecule has 0 atom stereocenters. The summed E-state index contributed by atoms with van der Waals surface area (Å²) >= 11 is 0. The Morgan fingerprint density at radius 1 is 0.933 bits per heavy atom. The van der Waals surface area contributed by atoms with Gasteiger partial charge in [0.05, 0.1) is 11.3 Å². The van der Waals surface area contributed by atoms with E-state index in [0.717, 1.165) is 10.8 Å². The van der Waals surface area contributed by atoms with Crippen LogP contribution in [0.15, 0.2) is 36.4 Å². The number of Topliss-reactive ketones (excluding diaryl/α,β-unsaturated/α-hetero) is 1. The first-order chi connectivity index (χ1) is 7.25. The third kappa shape index (κ3) is 1.06. The van der Waals surface area contributed by atoms with Crippen LogP contribution in [0.4, 0.5) is 5.69 Å². The maximum atomic E-state index is 11.4. The Morgan fingerprint density at radius 2 is 1.60 bits per heavy atom. The topological polar surface area (TPSA) is 46.2 Å². The summed E-state index contributed by atoms with van der Waals surface area (Å²) in [4.78, 5) is 22.6. The normalized spacial score (nSPS) is 14.1. The third-order valence-corrected chi connectivity index (χ3v) is 2.58. The van der Waals surface area contributed by atoms with Crippen molar-refractivity contribution < 1.29 is 9.59 Å². The van der Waals surface area contributed by atoms with E-state index < -0.39 is 11.7 Å². The SMILES string of the molecule is O=C1Nc2cc3ccccc3cc2C1=O. The maximum Gasteiger partial charge on any atom is 0.296 e. The zero-order chi connectivity index (χ0) is 10.4. The number of hydrogen-bond donors (Lipinski definition) is 1. The van der Waals surface area contributed by atoms with E-state index in [0.29, 0.717) is 11.3 Å². The van der Waals surface area contributed by atoms with Gasteiger partial charge in [-0.2, -0.15) is 0 Å². The Kier molecular flexibility index (Phi) is 1.45. The minimum atomic E-state index is -0.541. The summed E-state index contributed by atoms with van der Waals surface area (Å²) in [7, 11) is 0. The van der Waals surface area contributed by atoms with Crippen LogP contribution in [0.5, 0.6) is 0 Å². The summed E-state index contributed by atoms with van der Waals surface area (Å²) in [5.74, 6) is -0.990. The van der Waals surface area contributed by atoms with Gasteiger partial charge in [-0.3, -0.25) is 9.59 Å². The zero-order valence-electron chi connectivity index (χ0n) is 7.78. The first kappa shape index (κ1) is 8.17. The molecule has 0 aliphatic carbocycles. The molecule has 3 rings (SSSR count). The molecule has 0 aromatic heterocycles. The van der Waals surface area contributed by atoms with Crippen LogP contribution in [0, 0.1) is 0 Å². The number of carbonyl (C=O) groups excluding carboxylic acids is 2. The van der Waals surface area contributed by atoms with Crippen molar-refractivity contribution >= 4 is 28.2 Å². The van der Waals surface area contributed by atoms with Gasteiger partial charge >= 0.3 is 0 Å². The van der Waals surface area contributed by atoms with Crippen molar-refractivity contribution in [3.05, 3.63) is 42.0 Å². The van der Waals surface area contributed by atoms with E-state index in [1.165, 1.54) is 0 Å². The highest BCUT2D eigenvalue weighted by Crippen LogP contribution is 2.28. The van der Waals surface area contributed by atoms with Gasteiger partial charge in [0, 0.05) is 0 Å². The van der Waals surface area contributed by atoms with E-state index in [1.807, 2.05) is 30.3 Å². The average molecular weight is 197 g/mol. The zero-order valence-corrected chi connectivity index (χ0v) is 7.78. The highest BCUT2D eigenvalue weighted by molar-refractivity contribution is 6.52. The summed E-state index contributed by atoms with van der Waals surface area (Å²) < 4.78 is 0. The van der Waals surface area contributed by atoms with Crippen LogP contribution in [0.25, 0.3) is 10.8 Å². The molecule has 1 N–H and O–H groups in total. The second kappa shape index (κ2) is 2.67. The van der Waals surface area contributed by atoms with Crippen molar-refractivity contribution in [3.8, 4) is 0 Å². The molecular formula is C12H7NO2. The van der Waals surface area contributed by atoms with Crippen molar-refractivity contribution in [2.75, 3.05) is 5.32 Å². The second-order valence-electron chi connectivity index (χ2n) is 3.53. The van der Waals surface area contributed by atoms with Gasteiger partial charge < -0.3 is 5.32 Å². The van der Waals surface area contributed by atoms with Gasteiger partial charge in [-0.15, -0.1) is 0 Å². The summed E-state index contributed by atoms with van der Waals surface area (Å²) in [6, 6.07) is 11.3. The predicted molar refractivity (Wildman–Crippen MR) is 56.9 cm³/mol. The van der Waals surface area contributed by atoms with E-state index in [4.69, 9.17) is 0 Å². The highest BCUT2D eigenvalue weighted by Gasteiger charge is 2.27. The maximum absolute atomic E-state index is 11.4. The summed E-state index contributed by atoms with van der Waals surface area (Å²) in [5.41, 5.74) is 1.09. The number of nitrogens with one attached hydrogen (secondary N) is 1. The molecule has 72 valence electrons. The van der Waals surface area contributed by atoms with Crippen LogP contribution in [0.2, 0.25) is 0 Å². The van der Waals surface area contributed by atoms with E-state index in [1.54, 1.807) is 6.07 Å². The monoisotopic (exact) mass is 197 g/mol. The number of rotatable bonds is 0. The Labute approximate surface area is 85.7 Å². The molecule has 0 saturated carbocycles. The molecular weight excluding hydrogens is 190 g/mol. The van der Waals surface area contributed by atoms with Crippen molar-refractivity contribution in [2.45, 2.75) is 0 Å². The molecule has 0 spiro atoms. The Hall–Kier alpha value is -2.16. The lowest BCUT2D eigenvalue weighted by Crippen LogP contribution is -2.12. The predicted octanol–water partition coefficient (Wildman–Crippen LogP) is 1.97. The molecule has 0 fully saturated rings. The van der Waals surface area contributed by atoms with E-state index in [2.05, 4.69) is 5.32 Å². The highest BCUT2D eigenvalue weighted by atomic mass is 16.2. The number of anilines is 1. The standard InChI is InChI=1S/C12H7NO2/c14-11-9-5-7-3-1-2-4-8(7)6-10(9)13-12(11)15/h1-6H,(H,13,14,15). The largest absolute Gasteiger partial charge is 0.318 e. The lowest BCUT2D eigenvalue weighted by molar-refractivity contribution is -0.112. The van der Waals surface area contributed by atoms with E-state index >= 15 is 0 Å². The molecule has 1 heterocycles. The molecule has 0 radical (unpaired) electrons. The van der Waals surface area contributed by atoms with Crippen LogP contribution in [0.3, 0.4) is 0 Å². The summed E-state index contributed by atoms with van der Waals surface area (Å²) in [6.45, 7) is 0. The molecule has 3 nitrogen and oxygen atoms in total. The molecule has 0 bridgehead atoms. The fourth-order valence-corrected chi connectivity index (χ4v) is 1.83. The van der Waals surface area contributed by atoms with E-state index in [9.17, 15) is 9.59 Å². The van der Waals surface area contributed by atoms with Gasteiger partial charge in [0.2, 0.25) is 0 Å². The van der Waals surface area contributed by atoms with Crippen LogP contribution >= 0.6 is 0 Å². The van der Waals surface area contributed by atoms with Crippen LogP contribution in [0.1, 0.15) is 10.4 Å². The molecule has 0 unspecified atom stereocenters. The Bertz CT molecular complexity index is 602. The molecule has 2 aromatic carbocycles. The smallest absolute Gasteiger partial charge is 0.296 e. The van der Waals surface area contributed by atoms with Crippen molar-refractivity contribution in [2.24, 2.45) is 0 Å². The first-order valence-electron chi connectivity index (χ1n) is 4.64. The van der Waals surface area contributed by atoms with Crippen molar-refractivity contribution in [1.29, 1.82) is 0 Å². The van der Waals surface area contributed by atoms with Gasteiger partial charge in [-0.05, 0) is 22.9 Å². The summed E-state index contributed by atoms with van der Waals surface area (Å²) in [5, 5.41) is 4.54. The Morgan fingerprint density at radius 3 is 2.33 bits per heavy atom. The van der Waals surface area contributed by atoms with E-state index in [-0.39, 0.29) is 0 Å². The van der Waals surface area contributed by atoms with Gasteiger partial charge in [0.25, 0.3) is 11.7 Å². The number of carbonyl (C=O) groups is 2. The van der Waals surface area contributed by atoms with Gasteiger partial charge in [-0.1, -0.05) is 24.3 Å². The lowest BCUT2D eigenvalue weighted by Gasteiger charge is -2.00. The van der Waals surface area contributed by atoms with Crippen LogP contribution in [-0.2, 0) is 4.79 Å². The molecule has 3 heteroatoms. The molecule has 15 heavy (non-hydrogen) atoms. The number of benzene rings is 2. The number of fused-ring (bicyclic) bond motifs is 2. The van der Waals surface area contributed by atoms with Crippen LogP contribution in [-0.4, -0.2) is 11.7 Å². The Balaban J connectivity index is 2.36. The second-order valence-corrected chi connectivity index (χ2v) is 3.53. The van der Waals surface area contributed by atoms with Gasteiger partial charge in [-0.25, -0.2) is 0 Å². The minimum Gasteiger partial charge on any atom is -0.318 e. The average Bonchev–Trinajstić information content (AvgIpc) is 2.52. The summed E-state index contributed by atoms with van der Waals surface area (Å²) in [6.07, 6.45) is 0.